The number of para-hydroxylation sites is 1. The normalized spacial score (nSPS) is 16.9. The largest absolute Gasteiger partial charge is 0.490 e. The topological polar surface area (TPSA) is 42.0 Å². The molecule has 28 heavy (non-hydrogen) atoms. The molecule has 0 spiro atoms. The van der Waals surface area contributed by atoms with Crippen molar-refractivity contribution in [2.24, 2.45) is 0 Å². The summed E-state index contributed by atoms with van der Waals surface area (Å²) < 4.78 is 11.3. The number of rotatable bonds is 3. The summed E-state index contributed by atoms with van der Waals surface area (Å²) in [6.45, 7) is 4.21. The number of hydrogen-bond acceptors (Lipinski definition) is 4. The number of ether oxygens (including phenoxy) is 2. The number of carbonyl (C=O) groups excluding carboxylic acids is 1. The molecule has 0 aliphatic carbocycles. The first-order valence-corrected chi connectivity index (χ1v) is 9.94. The molecule has 6 heteroatoms. The number of hydrogen-bond donors (Lipinski definition) is 0. The minimum absolute atomic E-state index is 0.0194. The van der Waals surface area contributed by atoms with Crippen LogP contribution < -0.4 is 14.4 Å². The fourth-order valence-electron chi connectivity index (χ4n) is 3.43. The van der Waals surface area contributed by atoms with Crippen molar-refractivity contribution in [2.45, 2.75) is 6.42 Å². The molecule has 4 rings (SSSR count). The first-order valence-electron chi connectivity index (χ1n) is 9.57. The molecule has 1 amide bonds. The van der Waals surface area contributed by atoms with Crippen molar-refractivity contribution < 1.29 is 14.3 Å². The van der Waals surface area contributed by atoms with Crippen LogP contribution in [0.4, 0.5) is 5.69 Å². The Morgan fingerprint density at radius 2 is 1.71 bits per heavy atom. The summed E-state index contributed by atoms with van der Waals surface area (Å²) in [7, 11) is 0. The summed E-state index contributed by atoms with van der Waals surface area (Å²) in [4.78, 5) is 16.7. The number of benzene rings is 2. The van der Waals surface area contributed by atoms with Crippen LogP contribution in [0.1, 0.15) is 12.0 Å². The third-order valence-electron chi connectivity index (χ3n) is 4.97. The van der Waals surface area contributed by atoms with E-state index in [0.29, 0.717) is 26.3 Å². The number of carbonyl (C=O) groups is 1. The van der Waals surface area contributed by atoms with Gasteiger partial charge >= 0.3 is 0 Å². The highest BCUT2D eigenvalue weighted by atomic mass is 35.5. The molecule has 1 saturated heterocycles. The average molecular weight is 399 g/mol. The SMILES string of the molecule is O=C(/C=C/c1ccc2c(c1)OCCCO2)N1CCN(c2ccccc2Cl)CC1. The zero-order chi connectivity index (χ0) is 19.3. The molecule has 2 aliphatic heterocycles. The molecule has 2 heterocycles. The molecule has 0 aromatic heterocycles. The second-order valence-electron chi connectivity index (χ2n) is 6.85. The maximum atomic E-state index is 12.6. The third-order valence-corrected chi connectivity index (χ3v) is 5.29. The molecule has 0 N–H and O–H groups in total. The van der Waals surface area contributed by atoms with Gasteiger partial charge in [-0.15, -0.1) is 0 Å². The zero-order valence-corrected chi connectivity index (χ0v) is 16.4. The Kier molecular flexibility index (Phi) is 5.72. The van der Waals surface area contributed by atoms with Crippen LogP contribution >= 0.6 is 11.6 Å². The standard InChI is InChI=1S/C22H23ClN2O3/c23-18-4-1-2-5-19(18)24-10-12-25(13-11-24)22(26)9-7-17-6-8-20-21(16-17)28-15-3-14-27-20/h1-2,4-9,16H,3,10-15H2/b9-7+. The van der Waals surface area contributed by atoms with Gasteiger partial charge in [0.15, 0.2) is 11.5 Å². The van der Waals surface area contributed by atoms with Gasteiger partial charge in [0.05, 0.1) is 23.9 Å². The van der Waals surface area contributed by atoms with Crippen LogP contribution in [0.3, 0.4) is 0 Å². The summed E-state index contributed by atoms with van der Waals surface area (Å²) in [6, 6.07) is 13.6. The van der Waals surface area contributed by atoms with Gasteiger partial charge in [0.2, 0.25) is 5.91 Å². The van der Waals surface area contributed by atoms with Gasteiger partial charge in [-0.05, 0) is 35.9 Å². The van der Waals surface area contributed by atoms with Crippen molar-refractivity contribution in [3.05, 3.63) is 59.1 Å². The molecule has 2 aliphatic rings. The van der Waals surface area contributed by atoms with Crippen molar-refractivity contribution >= 4 is 29.3 Å². The summed E-state index contributed by atoms with van der Waals surface area (Å²) in [5.41, 5.74) is 1.95. The molecule has 0 bridgehead atoms. The Labute approximate surface area is 170 Å². The van der Waals surface area contributed by atoms with Gasteiger partial charge < -0.3 is 19.3 Å². The van der Waals surface area contributed by atoms with Crippen molar-refractivity contribution in [3.63, 3.8) is 0 Å². The Balaban J connectivity index is 1.36. The van der Waals surface area contributed by atoms with E-state index < -0.39 is 0 Å². The lowest BCUT2D eigenvalue weighted by atomic mass is 10.1. The highest BCUT2D eigenvalue weighted by Gasteiger charge is 2.21. The van der Waals surface area contributed by atoms with Crippen LogP contribution in [-0.2, 0) is 4.79 Å². The Bertz CT molecular complexity index is 876. The van der Waals surface area contributed by atoms with E-state index in [0.717, 1.165) is 47.3 Å². The predicted molar refractivity (Wildman–Crippen MR) is 111 cm³/mol. The first kappa shape index (κ1) is 18.7. The zero-order valence-electron chi connectivity index (χ0n) is 15.6. The van der Waals surface area contributed by atoms with Gasteiger partial charge in [0.25, 0.3) is 0 Å². The average Bonchev–Trinajstić information content (AvgIpc) is 2.97. The quantitative estimate of drug-likeness (QED) is 0.736. The van der Waals surface area contributed by atoms with Crippen LogP contribution in [0.15, 0.2) is 48.5 Å². The molecular formula is C22H23ClN2O3. The van der Waals surface area contributed by atoms with Crippen molar-refractivity contribution in [2.75, 3.05) is 44.3 Å². The second-order valence-corrected chi connectivity index (χ2v) is 7.26. The predicted octanol–water partition coefficient (Wildman–Crippen LogP) is 3.86. The van der Waals surface area contributed by atoms with Gasteiger partial charge in [-0.1, -0.05) is 29.8 Å². The number of amides is 1. The third kappa shape index (κ3) is 4.25. The highest BCUT2D eigenvalue weighted by Crippen LogP contribution is 2.31. The van der Waals surface area contributed by atoms with E-state index in [-0.39, 0.29) is 5.91 Å². The molecule has 0 radical (unpaired) electrons. The lowest BCUT2D eigenvalue weighted by molar-refractivity contribution is -0.126. The van der Waals surface area contributed by atoms with Gasteiger partial charge in [0.1, 0.15) is 0 Å². The van der Waals surface area contributed by atoms with Gasteiger partial charge in [-0.2, -0.15) is 0 Å². The van der Waals surface area contributed by atoms with E-state index in [1.54, 1.807) is 6.08 Å². The lowest BCUT2D eigenvalue weighted by Gasteiger charge is -2.36. The van der Waals surface area contributed by atoms with Gasteiger partial charge in [0, 0.05) is 38.7 Å². The highest BCUT2D eigenvalue weighted by molar-refractivity contribution is 6.33. The van der Waals surface area contributed by atoms with Crippen LogP contribution in [0.25, 0.3) is 6.08 Å². The van der Waals surface area contributed by atoms with E-state index in [2.05, 4.69) is 4.90 Å². The van der Waals surface area contributed by atoms with Crippen molar-refractivity contribution in [1.29, 1.82) is 0 Å². The van der Waals surface area contributed by atoms with Crippen LogP contribution in [0, 0.1) is 0 Å². The van der Waals surface area contributed by atoms with Crippen LogP contribution in [-0.4, -0.2) is 50.2 Å². The fraction of sp³-hybridized carbons (Fsp3) is 0.318. The molecule has 0 atom stereocenters. The summed E-state index contributed by atoms with van der Waals surface area (Å²) in [6.07, 6.45) is 4.33. The molecule has 1 fully saturated rings. The van der Waals surface area contributed by atoms with E-state index in [9.17, 15) is 4.79 Å². The monoisotopic (exact) mass is 398 g/mol. The van der Waals surface area contributed by atoms with E-state index in [4.69, 9.17) is 21.1 Å². The Morgan fingerprint density at radius 3 is 2.50 bits per heavy atom. The Hall–Kier alpha value is -2.66. The maximum absolute atomic E-state index is 12.6. The van der Waals surface area contributed by atoms with Crippen LogP contribution in [0.5, 0.6) is 11.5 Å². The number of fused-ring (bicyclic) bond motifs is 1. The molecule has 2 aromatic carbocycles. The second kappa shape index (κ2) is 8.57. The molecule has 0 unspecified atom stereocenters. The smallest absolute Gasteiger partial charge is 0.246 e. The minimum atomic E-state index is 0.0194. The van der Waals surface area contributed by atoms with Crippen molar-refractivity contribution in [1.82, 2.24) is 4.90 Å². The number of nitrogens with zero attached hydrogens (tertiary/aromatic N) is 2. The maximum Gasteiger partial charge on any atom is 0.246 e. The Morgan fingerprint density at radius 1 is 0.964 bits per heavy atom. The van der Waals surface area contributed by atoms with E-state index in [1.165, 1.54) is 0 Å². The number of piperazine rings is 1. The summed E-state index contributed by atoms with van der Waals surface area (Å²) in [5.74, 6) is 1.52. The molecule has 5 nitrogen and oxygen atoms in total. The van der Waals surface area contributed by atoms with Gasteiger partial charge in [-0.3, -0.25) is 4.79 Å². The van der Waals surface area contributed by atoms with E-state index >= 15 is 0 Å². The lowest BCUT2D eigenvalue weighted by Crippen LogP contribution is -2.48. The minimum Gasteiger partial charge on any atom is -0.490 e. The number of anilines is 1. The molecular weight excluding hydrogens is 376 g/mol. The van der Waals surface area contributed by atoms with Gasteiger partial charge in [-0.25, -0.2) is 0 Å². The summed E-state index contributed by atoms with van der Waals surface area (Å²) in [5, 5.41) is 0.747. The summed E-state index contributed by atoms with van der Waals surface area (Å²) >= 11 is 6.28. The van der Waals surface area contributed by atoms with Crippen molar-refractivity contribution in [3.8, 4) is 11.5 Å². The fourth-order valence-corrected chi connectivity index (χ4v) is 3.69. The van der Waals surface area contributed by atoms with Crippen LogP contribution in [0.2, 0.25) is 5.02 Å². The molecule has 2 aromatic rings. The van der Waals surface area contributed by atoms with E-state index in [1.807, 2.05) is 53.4 Å². The molecule has 0 saturated carbocycles. The first-order chi connectivity index (χ1) is 13.7. The molecule has 146 valence electrons. The number of halogens is 1.